The predicted octanol–water partition coefficient (Wildman–Crippen LogP) is 4.55. The van der Waals surface area contributed by atoms with E-state index in [2.05, 4.69) is 10.3 Å². The van der Waals surface area contributed by atoms with E-state index >= 15 is 0 Å². The Bertz CT molecular complexity index is 1060. The van der Waals surface area contributed by atoms with Gasteiger partial charge in [0.1, 0.15) is 5.82 Å². The minimum absolute atomic E-state index is 0.104. The van der Waals surface area contributed by atoms with Gasteiger partial charge in [-0.05, 0) is 81.2 Å². The summed E-state index contributed by atoms with van der Waals surface area (Å²) in [5.74, 6) is 0.0873. The number of fused-ring (bicyclic) bond motifs is 2. The molecule has 1 N–H and O–H groups in total. The Kier molecular flexibility index (Phi) is 5.00. The number of halogens is 2. The Hall–Kier alpha value is -2.47. The van der Waals surface area contributed by atoms with Gasteiger partial charge in [0, 0.05) is 24.5 Å². The number of hydrogen-bond donors (Lipinski definition) is 1. The van der Waals surface area contributed by atoms with Gasteiger partial charge in [-0.2, -0.15) is 0 Å². The summed E-state index contributed by atoms with van der Waals surface area (Å²) in [5.41, 5.74) is 2.45. The van der Waals surface area contributed by atoms with Gasteiger partial charge in [0.2, 0.25) is 5.91 Å². The quantitative estimate of drug-likeness (QED) is 0.757. The molecule has 1 aliphatic heterocycles. The molecular formula is C24H25ClFN3O2. The lowest BCUT2D eigenvalue weighted by molar-refractivity contribution is -0.120. The van der Waals surface area contributed by atoms with Crippen molar-refractivity contribution in [3.8, 4) is 0 Å². The number of carbonyl (C=O) groups excluding carboxylic acids is 2. The van der Waals surface area contributed by atoms with E-state index in [-0.39, 0.29) is 23.7 Å². The maximum absolute atomic E-state index is 13.8. The van der Waals surface area contributed by atoms with Crippen molar-refractivity contribution in [3.63, 3.8) is 0 Å². The second-order valence-corrected chi connectivity index (χ2v) is 9.57. The number of carbonyl (C=O) groups is 2. The Morgan fingerprint density at radius 1 is 1.26 bits per heavy atom. The Balaban J connectivity index is 1.21. The fraction of sp³-hybridized carbons (Fsp3) is 0.458. The largest absolute Gasteiger partial charge is 0.349 e. The fourth-order valence-corrected chi connectivity index (χ4v) is 5.31. The third kappa shape index (κ3) is 3.61. The van der Waals surface area contributed by atoms with Crippen molar-refractivity contribution in [1.82, 2.24) is 10.3 Å². The normalized spacial score (nSPS) is 23.7. The van der Waals surface area contributed by atoms with E-state index in [4.69, 9.17) is 11.6 Å². The molecule has 0 bridgehead atoms. The molecule has 5 nitrogen and oxygen atoms in total. The summed E-state index contributed by atoms with van der Waals surface area (Å²) < 4.78 is 13.8. The highest BCUT2D eigenvalue weighted by atomic mass is 35.5. The molecule has 2 heterocycles. The van der Waals surface area contributed by atoms with Gasteiger partial charge in [0.05, 0.1) is 21.7 Å². The minimum atomic E-state index is -0.467. The van der Waals surface area contributed by atoms with Crippen molar-refractivity contribution >= 4 is 29.1 Å². The monoisotopic (exact) mass is 441 g/mol. The number of aryl methyl sites for hydroxylation is 1. The lowest BCUT2D eigenvalue weighted by Crippen LogP contribution is -2.41. The van der Waals surface area contributed by atoms with Crippen LogP contribution in [0.5, 0.6) is 0 Å². The molecule has 5 rings (SSSR count). The highest BCUT2D eigenvalue weighted by Crippen LogP contribution is 2.57. The van der Waals surface area contributed by atoms with Crippen molar-refractivity contribution in [2.75, 3.05) is 11.4 Å². The highest BCUT2D eigenvalue weighted by molar-refractivity contribution is 6.30. The maximum atomic E-state index is 13.8. The summed E-state index contributed by atoms with van der Waals surface area (Å²) in [5, 5.41) is 3.56. The van der Waals surface area contributed by atoms with E-state index in [1.54, 1.807) is 25.1 Å². The zero-order valence-electron chi connectivity index (χ0n) is 17.5. The first-order valence-corrected chi connectivity index (χ1v) is 11.3. The first-order valence-electron chi connectivity index (χ1n) is 10.9. The Labute approximate surface area is 186 Å². The lowest BCUT2D eigenvalue weighted by atomic mass is 9.85. The molecule has 0 unspecified atom stereocenters. The molecule has 2 saturated carbocycles. The Morgan fingerprint density at radius 3 is 2.71 bits per heavy atom. The van der Waals surface area contributed by atoms with Crippen LogP contribution in [0.4, 0.5) is 10.1 Å². The van der Waals surface area contributed by atoms with Crippen LogP contribution in [0.3, 0.4) is 0 Å². The van der Waals surface area contributed by atoms with Gasteiger partial charge in [-0.15, -0.1) is 0 Å². The second kappa shape index (κ2) is 7.59. The molecule has 0 atom stereocenters. The van der Waals surface area contributed by atoms with Crippen molar-refractivity contribution in [2.24, 2.45) is 5.92 Å². The number of anilines is 1. The van der Waals surface area contributed by atoms with Gasteiger partial charge >= 0.3 is 0 Å². The molecule has 31 heavy (non-hydrogen) atoms. The standard InChI is InChI=1S/C24H25ClFN3O2/c1-14-19(10-16(25)12-27-14)22(30)28-18-5-2-15(3-6-18)13-29-21-7-4-17(26)11-20(21)24(8-9-24)23(29)31/h4,7,10-12,15,18H,2-3,5-6,8-9,13H2,1H3,(H,28,30)/t15-,18-. The molecule has 3 aliphatic rings. The number of amides is 2. The average molecular weight is 442 g/mol. The fourth-order valence-electron chi connectivity index (χ4n) is 5.15. The van der Waals surface area contributed by atoms with E-state index < -0.39 is 5.41 Å². The van der Waals surface area contributed by atoms with Crippen LogP contribution in [0.1, 0.15) is 60.1 Å². The molecular weight excluding hydrogens is 417 g/mol. The van der Waals surface area contributed by atoms with Crippen LogP contribution in [-0.2, 0) is 10.2 Å². The molecule has 2 fully saturated rings. The molecule has 0 saturated heterocycles. The molecule has 0 radical (unpaired) electrons. The van der Waals surface area contributed by atoms with Gasteiger partial charge in [0.25, 0.3) is 5.91 Å². The number of rotatable bonds is 4. The third-order valence-electron chi connectivity index (χ3n) is 7.09. The molecule has 2 aliphatic carbocycles. The van der Waals surface area contributed by atoms with E-state index in [0.29, 0.717) is 28.7 Å². The number of aromatic nitrogens is 1. The molecule has 1 aromatic heterocycles. The van der Waals surface area contributed by atoms with Crippen LogP contribution in [0.15, 0.2) is 30.5 Å². The van der Waals surface area contributed by atoms with E-state index in [1.165, 1.54) is 12.3 Å². The number of benzene rings is 1. The highest BCUT2D eigenvalue weighted by Gasteiger charge is 2.59. The van der Waals surface area contributed by atoms with Gasteiger partial charge in [-0.3, -0.25) is 14.6 Å². The minimum Gasteiger partial charge on any atom is -0.349 e. The molecule has 2 aromatic rings. The summed E-state index contributed by atoms with van der Waals surface area (Å²) in [4.78, 5) is 31.8. The SMILES string of the molecule is Cc1ncc(Cl)cc1C(=O)N[C@H]1CC[C@H](CN2C(=O)C3(CC3)c3cc(F)ccc32)CC1. The third-order valence-corrected chi connectivity index (χ3v) is 7.30. The average Bonchev–Trinajstić information content (AvgIpc) is 3.53. The number of pyridine rings is 1. The molecule has 2 amide bonds. The summed E-state index contributed by atoms with van der Waals surface area (Å²) in [6.45, 7) is 2.46. The molecule has 7 heteroatoms. The van der Waals surface area contributed by atoms with Crippen LogP contribution >= 0.6 is 11.6 Å². The lowest BCUT2D eigenvalue weighted by Gasteiger charge is -2.32. The first-order chi connectivity index (χ1) is 14.9. The van der Waals surface area contributed by atoms with Crippen LogP contribution in [0.2, 0.25) is 5.02 Å². The van der Waals surface area contributed by atoms with Crippen molar-refractivity contribution in [1.29, 1.82) is 0 Å². The predicted molar refractivity (Wildman–Crippen MR) is 117 cm³/mol. The topological polar surface area (TPSA) is 62.3 Å². The summed E-state index contributed by atoms with van der Waals surface area (Å²) in [7, 11) is 0. The molecule has 1 spiro atoms. The van der Waals surface area contributed by atoms with Gasteiger partial charge in [-0.1, -0.05) is 11.6 Å². The van der Waals surface area contributed by atoms with E-state index in [9.17, 15) is 14.0 Å². The summed E-state index contributed by atoms with van der Waals surface area (Å²) >= 11 is 5.99. The van der Waals surface area contributed by atoms with Gasteiger partial charge in [-0.25, -0.2) is 4.39 Å². The van der Waals surface area contributed by atoms with Gasteiger partial charge in [0.15, 0.2) is 0 Å². The maximum Gasteiger partial charge on any atom is 0.253 e. The van der Waals surface area contributed by atoms with E-state index in [0.717, 1.165) is 49.8 Å². The van der Waals surface area contributed by atoms with Crippen molar-refractivity contribution in [3.05, 3.63) is 58.1 Å². The Morgan fingerprint density at radius 2 is 2.00 bits per heavy atom. The zero-order valence-corrected chi connectivity index (χ0v) is 18.2. The second-order valence-electron chi connectivity index (χ2n) is 9.14. The number of nitrogens with zero attached hydrogens (tertiary/aromatic N) is 2. The van der Waals surface area contributed by atoms with Crippen LogP contribution in [0, 0.1) is 18.7 Å². The van der Waals surface area contributed by atoms with E-state index in [1.807, 2.05) is 4.90 Å². The molecule has 1 aromatic carbocycles. The van der Waals surface area contributed by atoms with Crippen molar-refractivity contribution in [2.45, 2.75) is 56.9 Å². The van der Waals surface area contributed by atoms with Gasteiger partial charge < -0.3 is 10.2 Å². The summed E-state index contributed by atoms with van der Waals surface area (Å²) in [6.07, 6.45) is 6.78. The smallest absolute Gasteiger partial charge is 0.253 e. The number of hydrogen-bond acceptors (Lipinski definition) is 3. The van der Waals surface area contributed by atoms with Crippen LogP contribution in [-0.4, -0.2) is 29.4 Å². The zero-order chi connectivity index (χ0) is 21.8. The summed E-state index contributed by atoms with van der Waals surface area (Å²) in [6, 6.07) is 6.49. The van der Waals surface area contributed by atoms with Crippen LogP contribution in [0.25, 0.3) is 0 Å². The number of nitrogens with one attached hydrogen (secondary N) is 1. The first kappa shape index (κ1) is 20.4. The van der Waals surface area contributed by atoms with Crippen molar-refractivity contribution < 1.29 is 14.0 Å². The molecule has 162 valence electrons. The van der Waals surface area contributed by atoms with Crippen LogP contribution < -0.4 is 10.2 Å².